The fourth-order valence-electron chi connectivity index (χ4n) is 3.28. The zero-order valence-electron chi connectivity index (χ0n) is 11.7. The third kappa shape index (κ3) is 3.39. The van der Waals surface area contributed by atoms with Crippen LogP contribution in [-0.4, -0.2) is 49.3 Å². The highest BCUT2D eigenvalue weighted by atomic mass is 79.9. The number of hydrogen-bond donors (Lipinski definition) is 1. The lowest BCUT2D eigenvalue weighted by atomic mass is 9.88. The molecule has 1 aromatic rings. The van der Waals surface area contributed by atoms with Crippen LogP contribution in [0.3, 0.4) is 0 Å². The summed E-state index contributed by atoms with van der Waals surface area (Å²) in [6, 6.07) is 4.72. The highest BCUT2D eigenvalue weighted by Gasteiger charge is 2.31. The number of piperazine rings is 1. The van der Waals surface area contributed by atoms with E-state index in [2.05, 4.69) is 43.3 Å². The maximum absolute atomic E-state index is 5.53. The van der Waals surface area contributed by atoms with E-state index in [1.807, 2.05) is 6.20 Å². The number of hydrogen-bond acceptors (Lipinski definition) is 4. The highest BCUT2D eigenvalue weighted by Crippen LogP contribution is 2.34. The van der Waals surface area contributed by atoms with Crippen LogP contribution in [0.2, 0.25) is 0 Å². The van der Waals surface area contributed by atoms with Crippen molar-refractivity contribution in [3.63, 3.8) is 0 Å². The monoisotopic (exact) mass is 339 g/mol. The molecule has 0 amide bonds. The van der Waals surface area contributed by atoms with E-state index in [-0.39, 0.29) is 0 Å². The Morgan fingerprint density at radius 3 is 2.65 bits per heavy atom. The van der Waals surface area contributed by atoms with Crippen molar-refractivity contribution in [3.05, 3.63) is 28.5 Å². The minimum absolute atomic E-state index is 0.439. The smallest absolute Gasteiger partial charge is 0.0579 e. The van der Waals surface area contributed by atoms with E-state index in [4.69, 9.17) is 4.74 Å². The van der Waals surface area contributed by atoms with Gasteiger partial charge < -0.3 is 10.1 Å². The molecule has 2 aliphatic rings. The zero-order valence-corrected chi connectivity index (χ0v) is 13.3. The van der Waals surface area contributed by atoms with Gasteiger partial charge in [0.05, 0.1) is 11.7 Å². The van der Waals surface area contributed by atoms with Gasteiger partial charge in [0.25, 0.3) is 0 Å². The van der Waals surface area contributed by atoms with Gasteiger partial charge in [-0.2, -0.15) is 0 Å². The second-order valence-corrected chi connectivity index (χ2v) is 6.50. The Hall–Kier alpha value is -0.490. The summed E-state index contributed by atoms with van der Waals surface area (Å²) < 4.78 is 6.58. The van der Waals surface area contributed by atoms with Crippen molar-refractivity contribution < 1.29 is 4.74 Å². The Kier molecular flexibility index (Phi) is 5.04. The molecule has 2 aliphatic heterocycles. The van der Waals surface area contributed by atoms with Gasteiger partial charge in [-0.15, -0.1) is 0 Å². The molecule has 1 N–H and O–H groups in total. The molecule has 0 saturated carbocycles. The van der Waals surface area contributed by atoms with Gasteiger partial charge in [-0.1, -0.05) is 0 Å². The molecule has 2 saturated heterocycles. The van der Waals surface area contributed by atoms with Gasteiger partial charge in [-0.3, -0.25) is 9.88 Å². The third-order valence-corrected chi connectivity index (χ3v) is 4.78. The van der Waals surface area contributed by atoms with Crippen LogP contribution in [0.4, 0.5) is 0 Å². The van der Waals surface area contributed by atoms with Crippen LogP contribution in [-0.2, 0) is 4.74 Å². The molecule has 3 rings (SSSR count). The molecule has 1 aromatic heterocycles. The molecule has 110 valence electrons. The minimum atomic E-state index is 0.439. The Balaban J connectivity index is 1.83. The Labute approximate surface area is 129 Å². The van der Waals surface area contributed by atoms with Crippen molar-refractivity contribution in [1.29, 1.82) is 0 Å². The predicted molar refractivity (Wildman–Crippen MR) is 82.7 cm³/mol. The molecule has 20 heavy (non-hydrogen) atoms. The van der Waals surface area contributed by atoms with Crippen molar-refractivity contribution in [2.75, 3.05) is 39.4 Å². The normalized spacial score (nSPS) is 23.6. The molecule has 0 spiro atoms. The number of aromatic nitrogens is 1. The summed E-state index contributed by atoms with van der Waals surface area (Å²) >= 11 is 3.48. The number of ether oxygens (including phenoxy) is 1. The van der Waals surface area contributed by atoms with E-state index in [0.29, 0.717) is 12.0 Å². The number of nitrogens with one attached hydrogen (secondary N) is 1. The molecule has 3 heterocycles. The molecule has 0 aromatic carbocycles. The molecule has 2 fully saturated rings. The van der Waals surface area contributed by atoms with E-state index in [1.165, 1.54) is 5.69 Å². The average molecular weight is 340 g/mol. The van der Waals surface area contributed by atoms with Gasteiger partial charge in [0, 0.05) is 50.1 Å². The summed E-state index contributed by atoms with van der Waals surface area (Å²) in [5, 5.41) is 3.44. The Bertz CT molecular complexity index is 396. The zero-order chi connectivity index (χ0) is 13.8. The van der Waals surface area contributed by atoms with Crippen LogP contribution >= 0.6 is 15.9 Å². The van der Waals surface area contributed by atoms with Crippen LogP contribution in [0, 0.1) is 5.92 Å². The maximum atomic E-state index is 5.53. The maximum Gasteiger partial charge on any atom is 0.0579 e. The summed E-state index contributed by atoms with van der Waals surface area (Å²) in [4.78, 5) is 7.28. The van der Waals surface area contributed by atoms with E-state index in [0.717, 1.165) is 56.7 Å². The molecule has 4 nitrogen and oxygen atoms in total. The van der Waals surface area contributed by atoms with Gasteiger partial charge in [0.15, 0.2) is 0 Å². The van der Waals surface area contributed by atoms with Crippen molar-refractivity contribution in [2.24, 2.45) is 5.92 Å². The molecular formula is C15H22BrN3O. The largest absolute Gasteiger partial charge is 0.381 e. The number of nitrogens with zero attached hydrogens (tertiary/aromatic N) is 2. The van der Waals surface area contributed by atoms with Gasteiger partial charge in [-0.05, 0) is 46.8 Å². The van der Waals surface area contributed by atoms with E-state index in [1.54, 1.807) is 0 Å². The third-order valence-electron chi connectivity index (χ3n) is 4.31. The van der Waals surface area contributed by atoms with Gasteiger partial charge in [0.1, 0.15) is 0 Å². The van der Waals surface area contributed by atoms with Crippen LogP contribution < -0.4 is 5.32 Å². The Morgan fingerprint density at radius 2 is 2.00 bits per heavy atom. The second kappa shape index (κ2) is 6.98. The number of halogens is 1. The van der Waals surface area contributed by atoms with Crippen molar-refractivity contribution in [3.8, 4) is 0 Å². The summed E-state index contributed by atoms with van der Waals surface area (Å²) in [5.74, 6) is 0.663. The van der Waals surface area contributed by atoms with Gasteiger partial charge >= 0.3 is 0 Å². The molecule has 1 atom stereocenters. The van der Waals surface area contributed by atoms with Gasteiger partial charge in [0.2, 0.25) is 0 Å². The van der Waals surface area contributed by atoms with Crippen molar-refractivity contribution in [1.82, 2.24) is 15.2 Å². The van der Waals surface area contributed by atoms with E-state index >= 15 is 0 Å². The van der Waals surface area contributed by atoms with Crippen LogP contribution in [0.25, 0.3) is 0 Å². The first kappa shape index (κ1) is 14.4. The fraction of sp³-hybridized carbons (Fsp3) is 0.667. The second-order valence-electron chi connectivity index (χ2n) is 5.58. The summed E-state index contributed by atoms with van der Waals surface area (Å²) in [6.07, 6.45) is 4.21. The summed E-state index contributed by atoms with van der Waals surface area (Å²) in [5.41, 5.74) is 1.21. The SMILES string of the molecule is Brc1ccc([C@H](C2CCOCC2)N2CCNCC2)nc1. The molecular weight excluding hydrogens is 318 g/mol. The topological polar surface area (TPSA) is 37.4 Å². The quantitative estimate of drug-likeness (QED) is 0.916. The lowest BCUT2D eigenvalue weighted by molar-refractivity contribution is 0.0201. The van der Waals surface area contributed by atoms with Crippen LogP contribution in [0.1, 0.15) is 24.6 Å². The van der Waals surface area contributed by atoms with E-state index in [9.17, 15) is 0 Å². The first-order chi connectivity index (χ1) is 9.84. The summed E-state index contributed by atoms with van der Waals surface area (Å²) in [7, 11) is 0. The highest BCUT2D eigenvalue weighted by molar-refractivity contribution is 9.10. The first-order valence-electron chi connectivity index (χ1n) is 7.48. The fourth-order valence-corrected chi connectivity index (χ4v) is 3.52. The first-order valence-corrected chi connectivity index (χ1v) is 8.28. The van der Waals surface area contributed by atoms with Crippen LogP contribution in [0.15, 0.2) is 22.8 Å². The van der Waals surface area contributed by atoms with E-state index < -0.39 is 0 Å². The molecule has 5 heteroatoms. The predicted octanol–water partition coefficient (Wildman–Crippen LogP) is 2.22. The molecule has 0 unspecified atom stereocenters. The average Bonchev–Trinajstić information content (AvgIpc) is 2.52. The lowest BCUT2D eigenvalue weighted by Crippen LogP contribution is -2.47. The van der Waals surface area contributed by atoms with Gasteiger partial charge in [-0.25, -0.2) is 0 Å². The van der Waals surface area contributed by atoms with Crippen molar-refractivity contribution in [2.45, 2.75) is 18.9 Å². The number of pyridine rings is 1. The lowest BCUT2D eigenvalue weighted by Gasteiger charge is -2.40. The van der Waals surface area contributed by atoms with Crippen LogP contribution in [0.5, 0.6) is 0 Å². The standard InChI is InChI=1S/C15H22BrN3O/c16-13-1-2-14(18-11-13)15(12-3-9-20-10-4-12)19-7-5-17-6-8-19/h1-2,11-12,15,17H,3-10H2/t15-/m0/s1. The molecule has 0 bridgehead atoms. The molecule has 0 aliphatic carbocycles. The minimum Gasteiger partial charge on any atom is -0.381 e. The summed E-state index contributed by atoms with van der Waals surface area (Å²) in [6.45, 7) is 6.17. The van der Waals surface area contributed by atoms with Crippen molar-refractivity contribution >= 4 is 15.9 Å². The molecule has 0 radical (unpaired) electrons. The number of rotatable bonds is 3. The Morgan fingerprint density at radius 1 is 1.25 bits per heavy atom.